The summed E-state index contributed by atoms with van der Waals surface area (Å²) in [6, 6.07) is 6.15. The molecular weight excluding hydrogens is 359 g/mol. The Hall–Kier alpha value is -0.820. The Morgan fingerprint density at radius 3 is 2.13 bits per heavy atom. The van der Waals surface area contributed by atoms with E-state index in [1.165, 1.54) is 26.2 Å². The fraction of sp³-hybridized carbons (Fsp3) is 0.533. The molecule has 1 aliphatic rings. The van der Waals surface area contributed by atoms with Gasteiger partial charge < -0.3 is 5.32 Å². The highest BCUT2D eigenvalue weighted by Crippen LogP contribution is 2.63. The number of alkyl halides is 2. The lowest BCUT2D eigenvalue weighted by Crippen LogP contribution is -2.35. The number of amides is 1. The summed E-state index contributed by atoms with van der Waals surface area (Å²) in [5.74, 6) is -0.208. The third kappa shape index (κ3) is 3.36. The quantitative estimate of drug-likeness (QED) is 0.800. The van der Waals surface area contributed by atoms with Gasteiger partial charge in [0.15, 0.2) is 0 Å². The molecule has 23 heavy (non-hydrogen) atoms. The van der Waals surface area contributed by atoms with E-state index in [2.05, 4.69) is 5.32 Å². The molecule has 1 fully saturated rings. The Bertz CT molecular complexity index is 717. The Morgan fingerprint density at radius 2 is 1.74 bits per heavy atom. The molecule has 1 aliphatic carbocycles. The molecule has 0 heterocycles. The maximum atomic E-state index is 12.3. The molecule has 8 heteroatoms. The maximum Gasteiger partial charge on any atom is 0.242 e. The molecule has 1 aromatic rings. The van der Waals surface area contributed by atoms with E-state index in [-0.39, 0.29) is 16.8 Å². The summed E-state index contributed by atoms with van der Waals surface area (Å²) in [7, 11) is -0.502. The summed E-state index contributed by atoms with van der Waals surface area (Å²) >= 11 is 12.0. The van der Waals surface area contributed by atoms with Gasteiger partial charge in [-0.2, -0.15) is 0 Å². The first-order chi connectivity index (χ1) is 10.4. The van der Waals surface area contributed by atoms with Crippen molar-refractivity contribution in [2.45, 2.75) is 35.5 Å². The predicted octanol–water partition coefficient (Wildman–Crippen LogP) is 2.70. The second kappa shape index (κ2) is 5.92. The van der Waals surface area contributed by atoms with E-state index in [4.69, 9.17) is 23.2 Å². The number of nitrogens with one attached hydrogen (secondary N) is 1. The van der Waals surface area contributed by atoms with Crippen molar-refractivity contribution in [3.05, 3.63) is 29.8 Å². The molecule has 1 aromatic carbocycles. The molecule has 2 atom stereocenters. The number of sulfonamides is 1. The van der Waals surface area contributed by atoms with Crippen LogP contribution in [0.4, 0.5) is 0 Å². The topological polar surface area (TPSA) is 66.5 Å². The average molecular weight is 379 g/mol. The zero-order chi connectivity index (χ0) is 17.6. The van der Waals surface area contributed by atoms with Gasteiger partial charge in [0.25, 0.3) is 0 Å². The fourth-order valence-electron chi connectivity index (χ4n) is 2.22. The number of benzene rings is 1. The molecular formula is C15H20Cl2N2O3S. The number of carbonyl (C=O) groups excluding carboxylic acids is 1. The van der Waals surface area contributed by atoms with Crippen LogP contribution in [-0.2, 0) is 14.8 Å². The Balaban J connectivity index is 2.10. The van der Waals surface area contributed by atoms with Gasteiger partial charge in [0.05, 0.1) is 16.4 Å². The second-order valence-electron chi connectivity index (χ2n) is 6.26. The number of nitrogens with zero attached hydrogens (tertiary/aromatic N) is 1. The van der Waals surface area contributed by atoms with Crippen LogP contribution in [-0.4, -0.2) is 37.1 Å². The van der Waals surface area contributed by atoms with Gasteiger partial charge in [0.1, 0.15) is 4.33 Å². The van der Waals surface area contributed by atoms with Crippen molar-refractivity contribution >= 4 is 39.1 Å². The van der Waals surface area contributed by atoms with Gasteiger partial charge in [0, 0.05) is 14.1 Å². The minimum atomic E-state index is -3.46. The summed E-state index contributed by atoms with van der Waals surface area (Å²) in [6.07, 6.45) is 0.418. The third-order valence-electron chi connectivity index (χ3n) is 4.27. The van der Waals surface area contributed by atoms with Crippen LogP contribution in [0.1, 0.15) is 31.9 Å². The van der Waals surface area contributed by atoms with Crippen LogP contribution in [0.2, 0.25) is 0 Å². The molecule has 5 nitrogen and oxygen atoms in total. The van der Waals surface area contributed by atoms with Crippen LogP contribution in [0.3, 0.4) is 0 Å². The zero-order valence-electron chi connectivity index (χ0n) is 13.4. The number of halogens is 2. The van der Waals surface area contributed by atoms with E-state index in [9.17, 15) is 13.2 Å². The molecule has 0 bridgehead atoms. The fourth-order valence-corrected chi connectivity index (χ4v) is 3.83. The summed E-state index contributed by atoms with van der Waals surface area (Å²) < 4.78 is 24.2. The first kappa shape index (κ1) is 18.5. The van der Waals surface area contributed by atoms with E-state index >= 15 is 0 Å². The highest BCUT2D eigenvalue weighted by atomic mass is 35.5. The predicted molar refractivity (Wildman–Crippen MR) is 91.0 cm³/mol. The van der Waals surface area contributed by atoms with Gasteiger partial charge in [-0.1, -0.05) is 12.1 Å². The lowest BCUT2D eigenvalue weighted by Gasteiger charge is -2.19. The Kier molecular flexibility index (Phi) is 4.76. The maximum absolute atomic E-state index is 12.3. The number of carbonyl (C=O) groups is 1. The SMILES string of the molecule is C[C@H](NC(=O)[C@@]1(C)CC1(Cl)Cl)c1ccc(S(=O)(=O)N(C)C)cc1. The van der Waals surface area contributed by atoms with Gasteiger partial charge in [-0.3, -0.25) is 4.79 Å². The summed E-state index contributed by atoms with van der Waals surface area (Å²) in [5.41, 5.74) is 0.0218. The van der Waals surface area contributed by atoms with Crippen LogP contribution < -0.4 is 5.32 Å². The highest BCUT2D eigenvalue weighted by Gasteiger charge is 2.67. The molecule has 0 radical (unpaired) electrons. The van der Waals surface area contributed by atoms with E-state index < -0.39 is 19.8 Å². The van der Waals surface area contributed by atoms with Crippen LogP contribution in [0.15, 0.2) is 29.2 Å². The molecule has 0 aromatic heterocycles. The molecule has 1 amide bonds. The number of hydrogen-bond acceptors (Lipinski definition) is 3. The molecule has 1 saturated carbocycles. The first-order valence-electron chi connectivity index (χ1n) is 7.13. The van der Waals surface area contributed by atoms with Crippen molar-refractivity contribution in [3.63, 3.8) is 0 Å². The van der Waals surface area contributed by atoms with E-state index in [0.29, 0.717) is 6.42 Å². The lowest BCUT2D eigenvalue weighted by atomic mass is 10.1. The van der Waals surface area contributed by atoms with E-state index in [1.54, 1.807) is 19.1 Å². The molecule has 2 rings (SSSR count). The average Bonchev–Trinajstić information content (AvgIpc) is 2.99. The van der Waals surface area contributed by atoms with Crippen molar-refractivity contribution in [2.75, 3.05) is 14.1 Å². The van der Waals surface area contributed by atoms with Crippen molar-refractivity contribution in [3.8, 4) is 0 Å². The van der Waals surface area contributed by atoms with Gasteiger partial charge >= 0.3 is 0 Å². The largest absolute Gasteiger partial charge is 0.349 e. The van der Waals surface area contributed by atoms with Gasteiger partial charge in [-0.15, -0.1) is 23.2 Å². The molecule has 0 spiro atoms. The molecule has 0 unspecified atom stereocenters. The highest BCUT2D eigenvalue weighted by molar-refractivity contribution is 7.89. The molecule has 128 valence electrons. The monoisotopic (exact) mass is 378 g/mol. The Labute approximate surface area is 147 Å². The zero-order valence-corrected chi connectivity index (χ0v) is 15.8. The number of hydrogen-bond donors (Lipinski definition) is 1. The lowest BCUT2D eigenvalue weighted by molar-refractivity contribution is -0.126. The smallest absolute Gasteiger partial charge is 0.242 e. The standard InChI is InChI=1S/C15H20Cl2N2O3S/c1-10(18-13(20)14(2)9-15(14,16)17)11-5-7-12(8-6-11)23(21,22)19(3)4/h5-8,10H,9H2,1-4H3,(H,18,20)/t10-,14+/m0/s1. The summed E-state index contributed by atoms with van der Waals surface area (Å²) in [6.45, 7) is 3.55. The van der Waals surface area contributed by atoms with Crippen LogP contribution in [0.25, 0.3) is 0 Å². The second-order valence-corrected chi connectivity index (χ2v) is 9.90. The van der Waals surface area contributed by atoms with Crippen molar-refractivity contribution in [1.82, 2.24) is 9.62 Å². The van der Waals surface area contributed by atoms with E-state index in [0.717, 1.165) is 9.87 Å². The van der Waals surface area contributed by atoms with Crippen LogP contribution in [0, 0.1) is 5.41 Å². The van der Waals surface area contributed by atoms with E-state index in [1.807, 2.05) is 6.92 Å². The van der Waals surface area contributed by atoms with Crippen molar-refractivity contribution < 1.29 is 13.2 Å². The van der Waals surface area contributed by atoms with Crippen molar-refractivity contribution in [1.29, 1.82) is 0 Å². The summed E-state index contributed by atoms with van der Waals surface area (Å²) in [5, 5.41) is 2.87. The third-order valence-corrected chi connectivity index (χ3v) is 7.20. The molecule has 1 N–H and O–H groups in total. The Morgan fingerprint density at radius 1 is 1.26 bits per heavy atom. The normalized spacial score (nSPS) is 24.3. The number of rotatable bonds is 5. The molecule has 0 saturated heterocycles. The minimum absolute atomic E-state index is 0.208. The first-order valence-corrected chi connectivity index (χ1v) is 9.33. The minimum Gasteiger partial charge on any atom is -0.349 e. The summed E-state index contributed by atoms with van der Waals surface area (Å²) in [4.78, 5) is 12.5. The molecule has 0 aliphatic heterocycles. The van der Waals surface area contributed by atoms with Crippen molar-refractivity contribution in [2.24, 2.45) is 5.41 Å². The van der Waals surface area contributed by atoms with Crippen LogP contribution in [0.5, 0.6) is 0 Å². The van der Waals surface area contributed by atoms with Crippen LogP contribution >= 0.6 is 23.2 Å². The van der Waals surface area contributed by atoms with Gasteiger partial charge in [-0.05, 0) is 38.0 Å². The van der Waals surface area contributed by atoms with Gasteiger partial charge in [0.2, 0.25) is 15.9 Å². The van der Waals surface area contributed by atoms with Gasteiger partial charge in [-0.25, -0.2) is 12.7 Å².